The number of amides is 1. The van der Waals surface area contributed by atoms with Gasteiger partial charge in [-0.3, -0.25) is 9.59 Å². The van der Waals surface area contributed by atoms with Gasteiger partial charge in [0, 0.05) is 37.2 Å². The summed E-state index contributed by atoms with van der Waals surface area (Å²) in [6.07, 6.45) is 1.10. The number of benzene rings is 2. The van der Waals surface area contributed by atoms with Crippen LogP contribution in [0.4, 0.5) is 5.95 Å². The molecule has 4 rings (SSSR count). The molecule has 2 N–H and O–H groups in total. The summed E-state index contributed by atoms with van der Waals surface area (Å²) >= 11 is 0. The Labute approximate surface area is 195 Å². The van der Waals surface area contributed by atoms with Crippen molar-refractivity contribution in [1.82, 2.24) is 9.55 Å². The number of carbonyl (C=O) groups excluding carboxylic acids is 2. The maximum atomic E-state index is 13.7. The summed E-state index contributed by atoms with van der Waals surface area (Å²) in [5, 5.41) is 0.338. The Bertz CT molecular complexity index is 1290. The Morgan fingerprint density at radius 1 is 1.00 bits per heavy atom. The van der Waals surface area contributed by atoms with Gasteiger partial charge in [-0.1, -0.05) is 0 Å². The first kappa shape index (κ1) is 23.1. The largest absolute Gasteiger partial charge is 0.497 e. The summed E-state index contributed by atoms with van der Waals surface area (Å²) in [7, 11) is 4.36. The van der Waals surface area contributed by atoms with Crippen molar-refractivity contribution in [2.24, 2.45) is 11.7 Å². The number of nitrogens with zero attached hydrogens (tertiary/aromatic N) is 3. The van der Waals surface area contributed by atoms with Gasteiger partial charge in [0.1, 0.15) is 11.5 Å². The SMILES string of the molecule is COC(=O)c1ccc2c(=O)n(-c3cc(OC)cc(OC)c3)c(N3CCC(C(N)=O)CC3)nc2c1. The third kappa shape index (κ3) is 4.26. The van der Waals surface area contributed by atoms with Gasteiger partial charge in [-0.25, -0.2) is 14.3 Å². The molecule has 0 unspecified atom stereocenters. The number of anilines is 1. The van der Waals surface area contributed by atoms with Crippen molar-refractivity contribution in [3.8, 4) is 17.2 Å². The lowest BCUT2D eigenvalue weighted by atomic mass is 9.96. The van der Waals surface area contributed by atoms with E-state index in [0.717, 1.165) is 0 Å². The molecule has 1 saturated heterocycles. The van der Waals surface area contributed by atoms with Gasteiger partial charge in [0.05, 0.1) is 43.5 Å². The maximum absolute atomic E-state index is 13.7. The molecule has 10 nitrogen and oxygen atoms in total. The van der Waals surface area contributed by atoms with Crippen LogP contribution in [0.1, 0.15) is 23.2 Å². The van der Waals surface area contributed by atoms with E-state index in [1.54, 1.807) is 30.3 Å². The summed E-state index contributed by atoms with van der Waals surface area (Å²) in [4.78, 5) is 44.1. The standard InChI is InChI=1S/C24H26N4O6/c1-32-17-11-16(12-18(13-17)33-2)28-22(30)19-5-4-15(23(31)34-3)10-20(19)26-24(28)27-8-6-14(7-9-27)21(25)29/h4-5,10-14H,6-9H2,1-3H3,(H2,25,29). The molecule has 2 aromatic carbocycles. The van der Waals surface area contributed by atoms with Gasteiger partial charge < -0.3 is 24.8 Å². The van der Waals surface area contributed by atoms with E-state index in [9.17, 15) is 14.4 Å². The molecule has 0 atom stereocenters. The molecule has 1 aliphatic rings. The Morgan fingerprint density at radius 2 is 1.65 bits per heavy atom. The molecule has 178 valence electrons. The second kappa shape index (κ2) is 9.42. The molecule has 0 spiro atoms. The lowest BCUT2D eigenvalue weighted by Crippen LogP contribution is -2.41. The van der Waals surface area contributed by atoms with E-state index < -0.39 is 5.97 Å². The lowest BCUT2D eigenvalue weighted by molar-refractivity contribution is -0.122. The topological polar surface area (TPSA) is 126 Å². The van der Waals surface area contributed by atoms with Gasteiger partial charge in [-0.05, 0) is 31.0 Å². The molecule has 1 amide bonds. The van der Waals surface area contributed by atoms with E-state index >= 15 is 0 Å². The van der Waals surface area contributed by atoms with E-state index in [0.29, 0.717) is 65.5 Å². The highest BCUT2D eigenvalue weighted by molar-refractivity contribution is 5.94. The highest BCUT2D eigenvalue weighted by Gasteiger charge is 2.27. The van der Waals surface area contributed by atoms with Gasteiger partial charge in [0.15, 0.2) is 0 Å². The molecule has 1 aromatic heterocycles. The number of esters is 1. The fourth-order valence-electron chi connectivity index (χ4n) is 4.15. The van der Waals surface area contributed by atoms with E-state index in [1.165, 1.54) is 32.0 Å². The minimum atomic E-state index is -0.519. The first-order valence-corrected chi connectivity index (χ1v) is 10.8. The number of rotatable bonds is 6. The van der Waals surface area contributed by atoms with E-state index in [-0.39, 0.29) is 17.4 Å². The zero-order valence-electron chi connectivity index (χ0n) is 19.2. The first-order chi connectivity index (χ1) is 16.4. The predicted molar refractivity (Wildman–Crippen MR) is 126 cm³/mol. The number of fused-ring (bicyclic) bond motifs is 1. The fraction of sp³-hybridized carbons (Fsp3) is 0.333. The van der Waals surface area contributed by atoms with Crippen LogP contribution < -0.4 is 25.7 Å². The number of hydrogen-bond acceptors (Lipinski definition) is 8. The van der Waals surface area contributed by atoms with Crippen LogP contribution in [0.3, 0.4) is 0 Å². The van der Waals surface area contributed by atoms with Crippen LogP contribution in [0.25, 0.3) is 16.6 Å². The number of piperidine rings is 1. The summed E-state index contributed by atoms with van der Waals surface area (Å²) in [6, 6.07) is 9.79. The Kier molecular flexibility index (Phi) is 6.40. The Morgan fingerprint density at radius 3 is 2.21 bits per heavy atom. The second-order valence-electron chi connectivity index (χ2n) is 8.01. The van der Waals surface area contributed by atoms with Crippen LogP contribution in [0.5, 0.6) is 11.5 Å². The van der Waals surface area contributed by atoms with E-state index in [2.05, 4.69) is 0 Å². The molecule has 3 aromatic rings. The average Bonchev–Trinajstić information content (AvgIpc) is 2.87. The molecular formula is C24H26N4O6. The van der Waals surface area contributed by atoms with Crippen LogP contribution >= 0.6 is 0 Å². The number of aromatic nitrogens is 2. The van der Waals surface area contributed by atoms with Gasteiger partial charge in [-0.2, -0.15) is 0 Å². The summed E-state index contributed by atoms with van der Waals surface area (Å²) in [5.41, 5.74) is 6.35. The minimum absolute atomic E-state index is 0.222. The van der Waals surface area contributed by atoms with Crippen molar-refractivity contribution < 1.29 is 23.8 Å². The van der Waals surface area contributed by atoms with Crippen LogP contribution in [-0.4, -0.2) is 55.8 Å². The average molecular weight is 466 g/mol. The third-order valence-corrected chi connectivity index (χ3v) is 6.05. The van der Waals surface area contributed by atoms with Gasteiger partial charge in [0.2, 0.25) is 11.9 Å². The molecule has 0 saturated carbocycles. The molecule has 1 aliphatic heterocycles. The molecule has 0 radical (unpaired) electrons. The molecule has 0 aliphatic carbocycles. The van der Waals surface area contributed by atoms with Crippen LogP contribution in [0, 0.1) is 5.92 Å². The lowest BCUT2D eigenvalue weighted by Gasteiger charge is -2.33. The van der Waals surface area contributed by atoms with Crippen molar-refractivity contribution >= 4 is 28.7 Å². The quantitative estimate of drug-likeness (QED) is 0.546. The van der Waals surface area contributed by atoms with Gasteiger partial charge >= 0.3 is 5.97 Å². The van der Waals surface area contributed by atoms with Crippen molar-refractivity contribution in [2.45, 2.75) is 12.8 Å². The van der Waals surface area contributed by atoms with Crippen molar-refractivity contribution in [2.75, 3.05) is 39.3 Å². The van der Waals surface area contributed by atoms with Crippen LogP contribution in [0.15, 0.2) is 41.2 Å². The van der Waals surface area contributed by atoms with E-state index in [4.69, 9.17) is 24.9 Å². The third-order valence-electron chi connectivity index (χ3n) is 6.05. The van der Waals surface area contributed by atoms with Crippen LogP contribution in [0.2, 0.25) is 0 Å². The van der Waals surface area contributed by atoms with Crippen molar-refractivity contribution in [3.05, 3.63) is 52.3 Å². The maximum Gasteiger partial charge on any atom is 0.337 e. The molecular weight excluding hydrogens is 440 g/mol. The highest BCUT2D eigenvalue weighted by atomic mass is 16.5. The van der Waals surface area contributed by atoms with Crippen LogP contribution in [-0.2, 0) is 9.53 Å². The summed E-state index contributed by atoms with van der Waals surface area (Å²) in [5.74, 6) is 0.344. The number of nitrogens with two attached hydrogens (primary N) is 1. The molecule has 0 bridgehead atoms. The number of methoxy groups -OCH3 is 3. The predicted octanol–water partition coefficient (Wildman–Crippen LogP) is 1.89. The fourth-order valence-corrected chi connectivity index (χ4v) is 4.15. The van der Waals surface area contributed by atoms with E-state index in [1.807, 2.05) is 4.90 Å². The van der Waals surface area contributed by atoms with Gasteiger partial charge in [0.25, 0.3) is 5.56 Å². The molecule has 10 heteroatoms. The zero-order chi connectivity index (χ0) is 24.4. The minimum Gasteiger partial charge on any atom is -0.497 e. The second-order valence-corrected chi connectivity index (χ2v) is 8.01. The zero-order valence-corrected chi connectivity index (χ0v) is 19.2. The van der Waals surface area contributed by atoms with Gasteiger partial charge in [-0.15, -0.1) is 0 Å². The Hall–Kier alpha value is -4.08. The normalized spacial score (nSPS) is 14.1. The highest BCUT2D eigenvalue weighted by Crippen LogP contribution is 2.29. The number of primary amides is 1. The summed E-state index contributed by atoms with van der Waals surface area (Å²) < 4.78 is 17.1. The van der Waals surface area contributed by atoms with Crippen molar-refractivity contribution in [1.29, 1.82) is 0 Å². The molecule has 1 fully saturated rings. The number of ether oxygens (including phenoxy) is 3. The monoisotopic (exact) mass is 466 g/mol. The van der Waals surface area contributed by atoms with Crippen molar-refractivity contribution in [3.63, 3.8) is 0 Å². The first-order valence-electron chi connectivity index (χ1n) is 10.8. The molecule has 34 heavy (non-hydrogen) atoms. The number of carbonyl (C=O) groups is 2. The molecule has 2 heterocycles. The Balaban J connectivity index is 1.93. The number of hydrogen-bond donors (Lipinski definition) is 1. The smallest absolute Gasteiger partial charge is 0.337 e. The summed E-state index contributed by atoms with van der Waals surface area (Å²) in [6.45, 7) is 0.979.